The standard InChI is InChI=1S/C40H42N2O10S/c1-40(2,3)52-36(43)22-19-29(41-39(47)51-26-35-33-15-9-7-13-31(33)32-14-8-10-16-34(32)35)23-42(24-37(44)50-25-27-11-5-4-6-12-27)53(48,49)30-20-17-28(18-21-30)38(45)46/h4-18,20-21,29,35H,19,22-26H2,1-3H3,(H,41,47)(H,45,46)/t29-/m0/s1. The minimum Gasteiger partial charge on any atom is -0.478 e. The van der Waals surface area contributed by atoms with Crippen molar-refractivity contribution in [2.45, 2.75) is 62.7 Å². The second kappa shape index (κ2) is 16.9. The highest BCUT2D eigenvalue weighted by Gasteiger charge is 2.33. The third-order valence-electron chi connectivity index (χ3n) is 8.49. The number of carboxylic acid groups (broad SMARTS) is 1. The van der Waals surface area contributed by atoms with E-state index in [9.17, 15) is 32.7 Å². The monoisotopic (exact) mass is 742 g/mol. The molecule has 0 heterocycles. The Morgan fingerprint density at radius 2 is 1.38 bits per heavy atom. The molecule has 0 aliphatic heterocycles. The molecule has 0 aromatic heterocycles. The number of carboxylic acids is 1. The van der Waals surface area contributed by atoms with Crippen LogP contribution in [0.25, 0.3) is 11.1 Å². The molecule has 1 atom stereocenters. The van der Waals surface area contributed by atoms with Gasteiger partial charge < -0.3 is 24.6 Å². The highest BCUT2D eigenvalue weighted by molar-refractivity contribution is 7.89. The summed E-state index contributed by atoms with van der Waals surface area (Å²) in [7, 11) is -4.48. The van der Waals surface area contributed by atoms with E-state index in [2.05, 4.69) is 5.32 Å². The van der Waals surface area contributed by atoms with Gasteiger partial charge in [0.05, 0.1) is 10.5 Å². The quantitative estimate of drug-likeness (QED) is 0.107. The Balaban J connectivity index is 1.37. The minimum atomic E-state index is -4.48. The molecule has 0 spiro atoms. The summed E-state index contributed by atoms with van der Waals surface area (Å²) in [5.41, 5.74) is 3.86. The van der Waals surface area contributed by atoms with E-state index in [0.717, 1.165) is 50.8 Å². The van der Waals surface area contributed by atoms with Crippen molar-refractivity contribution < 1.29 is 46.9 Å². The van der Waals surface area contributed by atoms with E-state index in [1.165, 1.54) is 0 Å². The van der Waals surface area contributed by atoms with Crippen molar-refractivity contribution in [1.82, 2.24) is 9.62 Å². The number of alkyl carbamates (subject to hydrolysis) is 1. The van der Waals surface area contributed by atoms with Gasteiger partial charge in [0.2, 0.25) is 10.0 Å². The van der Waals surface area contributed by atoms with Gasteiger partial charge in [0.1, 0.15) is 25.4 Å². The molecule has 0 fully saturated rings. The number of fused-ring (bicyclic) bond motifs is 3. The molecule has 278 valence electrons. The number of nitrogens with one attached hydrogen (secondary N) is 1. The number of aromatic carboxylic acids is 1. The van der Waals surface area contributed by atoms with Crippen LogP contribution < -0.4 is 5.32 Å². The van der Waals surface area contributed by atoms with Crippen molar-refractivity contribution in [3.8, 4) is 11.1 Å². The molecular formula is C40H42N2O10S. The number of amides is 1. The molecule has 1 amide bonds. The summed E-state index contributed by atoms with van der Waals surface area (Å²) in [6.07, 6.45) is -1.11. The number of carbonyl (C=O) groups is 4. The zero-order valence-corrected chi connectivity index (χ0v) is 30.5. The summed E-state index contributed by atoms with van der Waals surface area (Å²) in [5.74, 6) is -2.92. The second-order valence-corrected chi connectivity index (χ2v) is 15.5. The van der Waals surface area contributed by atoms with Crippen LogP contribution in [0, 0.1) is 0 Å². The van der Waals surface area contributed by atoms with E-state index < -0.39 is 58.8 Å². The number of hydrogen-bond acceptors (Lipinski definition) is 9. The molecule has 0 bridgehead atoms. The van der Waals surface area contributed by atoms with E-state index in [1.54, 1.807) is 51.1 Å². The second-order valence-electron chi connectivity index (χ2n) is 13.6. The number of sulfonamides is 1. The molecule has 13 heteroatoms. The van der Waals surface area contributed by atoms with Crippen LogP contribution in [-0.2, 0) is 40.4 Å². The summed E-state index contributed by atoms with van der Waals surface area (Å²) in [6.45, 7) is 3.80. The highest BCUT2D eigenvalue weighted by Crippen LogP contribution is 2.44. The molecule has 0 saturated heterocycles. The maximum atomic E-state index is 14.0. The van der Waals surface area contributed by atoms with Gasteiger partial charge in [-0.2, -0.15) is 4.31 Å². The van der Waals surface area contributed by atoms with Gasteiger partial charge in [-0.1, -0.05) is 78.9 Å². The lowest BCUT2D eigenvalue weighted by Crippen LogP contribution is -2.48. The molecule has 2 N–H and O–H groups in total. The van der Waals surface area contributed by atoms with Gasteiger partial charge in [-0.3, -0.25) is 9.59 Å². The summed E-state index contributed by atoms with van der Waals surface area (Å²) in [4.78, 5) is 50.5. The van der Waals surface area contributed by atoms with Crippen molar-refractivity contribution >= 4 is 34.0 Å². The van der Waals surface area contributed by atoms with Gasteiger partial charge in [0.25, 0.3) is 0 Å². The van der Waals surface area contributed by atoms with Gasteiger partial charge in [-0.05, 0) is 79.3 Å². The fraction of sp³-hybridized carbons (Fsp3) is 0.300. The number of hydrogen-bond donors (Lipinski definition) is 2. The molecule has 0 radical (unpaired) electrons. The van der Waals surface area contributed by atoms with Crippen LogP contribution in [0.1, 0.15) is 66.6 Å². The normalized spacial score (nSPS) is 13.1. The molecule has 1 aliphatic rings. The minimum absolute atomic E-state index is 0.0115. The smallest absolute Gasteiger partial charge is 0.407 e. The lowest BCUT2D eigenvalue weighted by Gasteiger charge is -2.27. The first-order valence-corrected chi connectivity index (χ1v) is 18.5. The average molecular weight is 743 g/mol. The van der Waals surface area contributed by atoms with Crippen molar-refractivity contribution in [1.29, 1.82) is 0 Å². The van der Waals surface area contributed by atoms with Gasteiger partial charge in [-0.15, -0.1) is 0 Å². The zero-order chi connectivity index (χ0) is 38.2. The first-order chi connectivity index (χ1) is 25.2. The first-order valence-electron chi connectivity index (χ1n) is 17.1. The van der Waals surface area contributed by atoms with Crippen LogP contribution in [-0.4, -0.2) is 73.2 Å². The molecule has 5 rings (SSSR count). The van der Waals surface area contributed by atoms with Gasteiger partial charge in [0.15, 0.2) is 0 Å². The van der Waals surface area contributed by atoms with Crippen molar-refractivity contribution in [3.63, 3.8) is 0 Å². The Bertz CT molecular complexity index is 2000. The van der Waals surface area contributed by atoms with Crippen molar-refractivity contribution in [2.24, 2.45) is 0 Å². The number of carbonyl (C=O) groups excluding carboxylic acids is 3. The molecule has 1 aliphatic carbocycles. The average Bonchev–Trinajstić information content (AvgIpc) is 3.45. The van der Waals surface area contributed by atoms with Crippen LogP contribution in [0.15, 0.2) is 108 Å². The fourth-order valence-corrected chi connectivity index (χ4v) is 7.47. The maximum Gasteiger partial charge on any atom is 0.407 e. The summed E-state index contributed by atoms with van der Waals surface area (Å²) in [6, 6.07) is 28.0. The van der Waals surface area contributed by atoms with Crippen LogP contribution in [0.3, 0.4) is 0 Å². The SMILES string of the molecule is CC(C)(C)OC(=O)CC[C@@H](CN(CC(=O)OCc1ccccc1)S(=O)(=O)c1ccc(C(=O)O)cc1)NC(=O)OCC1c2ccccc2-c2ccccc21. The highest BCUT2D eigenvalue weighted by atomic mass is 32.2. The molecule has 4 aromatic rings. The zero-order valence-electron chi connectivity index (χ0n) is 29.7. The van der Waals surface area contributed by atoms with Crippen LogP contribution in [0.4, 0.5) is 4.79 Å². The van der Waals surface area contributed by atoms with Crippen LogP contribution in [0.5, 0.6) is 0 Å². The maximum absolute atomic E-state index is 14.0. The Labute approximate surface area is 308 Å². The number of esters is 2. The van der Waals surface area contributed by atoms with E-state index in [1.807, 2.05) is 48.5 Å². The van der Waals surface area contributed by atoms with Gasteiger partial charge >= 0.3 is 24.0 Å². The van der Waals surface area contributed by atoms with Crippen molar-refractivity contribution in [2.75, 3.05) is 19.7 Å². The molecule has 0 unspecified atom stereocenters. The predicted molar refractivity (Wildman–Crippen MR) is 195 cm³/mol. The summed E-state index contributed by atoms with van der Waals surface area (Å²) in [5, 5.41) is 12.0. The van der Waals surface area contributed by atoms with Crippen molar-refractivity contribution in [3.05, 3.63) is 125 Å². The number of ether oxygens (including phenoxy) is 3. The first kappa shape index (κ1) is 38.7. The molecule has 53 heavy (non-hydrogen) atoms. The number of benzene rings is 4. The number of nitrogens with zero attached hydrogens (tertiary/aromatic N) is 1. The van der Waals surface area contributed by atoms with Gasteiger partial charge in [0, 0.05) is 24.9 Å². The predicted octanol–water partition coefficient (Wildman–Crippen LogP) is 6.15. The number of rotatable bonds is 15. The topological polar surface area (TPSA) is 166 Å². The Kier molecular flexibility index (Phi) is 12.3. The van der Waals surface area contributed by atoms with E-state index in [0.29, 0.717) is 5.56 Å². The fourth-order valence-electron chi connectivity index (χ4n) is 6.04. The van der Waals surface area contributed by atoms with Crippen LogP contribution in [0.2, 0.25) is 0 Å². The largest absolute Gasteiger partial charge is 0.478 e. The van der Waals surface area contributed by atoms with E-state index in [-0.39, 0.29) is 42.4 Å². The lowest BCUT2D eigenvalue weighted by atomic mass is 9.98. The Hall–Kier alpha value is -5.53. The van der Waals surface area contributed by atoms with Crippen LogP contribution >= 0.6 is 0 Å². The molecular weight excluding hydrogens is 701 g/mol. The van der Waals surface area contributed by atoms with E-state index >= 15 is 0 Å². The molecule has 4 aromatic carbocycles. The van der Waals surface area contributed by atoms with E-state index in [4.69, 9.17) is 14.2 Å². The third-order valence-corrected chi connectivity index (χ3v) is 10.3. The summed E-state index contributed by atoms with van der Waals surface area (Å²) < 4.78 is 45.5. The Morgan fingerprint density at radius 1 is 0.792 bits per heavy atom. The molecule has 12 nitrogen and oxygen atoms in total. The Morgan fingerprint density at radius 3 is 1.96 bits per heavy atom. The lowest BCUT2D eigenvalue weighted by molar-refractivity contribution is -0.155. The molecule has 0 saturated carbocycles. The van der Waals surface area contributed by atoms with Gasteiger partial charge in [-0.25, -0.2) is 18.0 Å². The third kappa shape index (κ3) is 10.3. The summed E-state index contributed by atoms with van der Waals surface area (Å²) >= 11 is 0.